The van der Waals surface area contributed by atoms with E-state index in [0.717, 1.165) is 23.7 Å². The highest BCUT2D eigenvalue weighted by Crippen LogP contribution is 2.83. The Kier molecular flexibility index (Phi) is 2.86. The minimum atomic E-state index is 0.112. The topological polar surface area (TPSA) is 58.9 Å². The molecule has 0 heterocycles. The van der Waals surface area contributed by atoms with Gasteiger partial charge in [-0.25, -0.2) is 19.6 Å². The van der Waals surface area contributed by atoms with Gasteiger partial charge in [0.15, 0.2) is 0 Å². The molecule has 0 aliphatic heterocycles. The first-order valence-corrected chi connectivity index (χ1v) is 9.36. The molecule has 4 nitrogen and oxygen atoms in total. The summed E-state index contributed by atoms with van der Waals surface area (Å²) in [6.07, 6.45) is 12.8. The molecule has 0 spiro atoms. The Morgan fingerprint density at radius 1 is 0.957 bits per heavy atom. The van der Waals surface area contributed by atoms with E-state index in [9.17, 15) is 9.59 Å². The first-order valence-electron chi connectivity index (χ1n) is 9.36. The van der Waals surface area contributed by atoms with Crippen LogP contribution in [-0.2, 0) is 9.59 Å². The van der Waals surface area contributed by atoms with Crippen molar-refractivity contribution in [3.8, 4) is 0 Å². The monoisotopic (exact) mass is 312 g/mol. The maximum absolute atomic E-state index is 10.9. The van der Waals surface area contributed by atoms with Crippen molar-refractivity contribution in [1.82, 2.24) is 0 Å². The van der Waals surface area contributed by atoms with Crippen LogP contribution < -0.4 is 0 Å². The van der Waals surface area contributed by atoms with Gasteiger partial charge in [0.2, 0.25) is 12.2 Å². The summed E-state index contributed by atoms with van der Waals surface area (Å²) in [6, 6.07) is 0. The number of nitrogens with zero attached hydrogens (tertiary/aromatic N) is 2. The zero-order valence-corrected chi connectivity index (χ0v) is 13.5. The Bertz CT molecular complexity index is 635. The summed E-state index contributed by atoms with van der Waals surface area (Å²) in [5.74, 6) is 4.57. The molecule has 8 atom stereocenters. The van der Waals surface area contributed by atoms with Crippen molar-refractivity contribution in [2.75, 3.05) is 13.1 Å². The molecule has 122 valence electrons. The highest BCUT2D eigenvalue weighted by Gasteiger charge is 2.79. The van der Waals surface area contributed by atoms with Crippen LogP contribution in [0.3, 0.4) is 0 Å². The molecule has 0 saturated heterocycles. The van der Waals surface area contributed by atoms with Crippen LogP contribution in [0.15, 0.2) is 9.98 Å². The Labute approximate surface area is 136 Å². The zero-order chi connectivity index (χ0) is 15.7. The van der Waals surface area contributed by atoms with Gasteiger partial charge in [-0.05, 0) is 74.0 Å². The van der Waals surface area contributed by atoms with Gasteiger partial charge in [-0.3, -0.25) is 0 Å². The lowest BCUT2D eigenvalue weighted by Crippen LogP contribution is -2.56. The van der Waals surface area contributed by atoms with Crippen molar-refractivity contribution in [3.05, 3.63) is 0 Å². The van der Waals surface area contributed by atoms with Crippen LogP contribution in [0.25, 0.3) is 0 Å². The summed E-state index contributed by atoms with van der Waals surface area (Å²) in [5, 5.41) is 0. The maximum Gasteiger partial charge on any atom is 0.234 e. The lowest BCUT2D eigenvalue weighted by atomic mass is 9.48. The number of isocyanates is 2. The van der Waals surface area contributed by atoms with Gasteiger partial charge < -0.3 is 0 Å². The average Bonchev–Trinajstić information content (AvgIpc) is 3.33. The molecule has 5 aliphatic carbocycles. The van der Waals surface area contributed by atoms with Crippen LogP contribution in [0.5, 0.6) is 0 Å². The minimum absolute atomic E-state index is 0.112. The molecule has 23 heavy (non-hydrogen) atoms. The second kappa shape index (κ2) is 4.65. The SMILES string of the molecule is O=C=NCC12CC(C3CCCC31)C1C3CCC(C3)C12CN=C=O. The van der Waals surface area contributed by atoms with Gasteiger partial charge in [-0.15, -0.1) is 0 Å². The molecule has 4 bridgehead atoms. The summed E-state index contributed by atoms with van der Waals surface area (Å²) < 4.78 is 0. The second-order valence-electron chi connectivity index (χ2n) is 8.88. The molecule has 5 aliphatic rings. The number of fused-ring (bicyclic) bond motifs is 12. The van der Waals surface area contributed by atoms with E-state index in [4.69, 9.17) is 0 Å². The fourth-order valence-electron chi connectivity index (χ4n) is 8.87. The number of hydrogen-bond acceptors (Lipinski definition) is 4. The van der Waals surface area contributed by atoms with E-state index in [1.54, 1.807) is 0 Å². The molecule has 8 unspecified atom stereocenters. The van der Waals surface area contributed by atoms with Gasteiger partial charge in [0.1, 0.15) is 0 Å². The van der Waals surface area contributed by atoms with E-state index in [1.807, 2.05) is 12.2 Å². The molecular formula is C19H24N2O2. The Morgan fingerprint density at radius 2 is 1.78 bits per heavy atom. The molecule has 4 heteroatoms. The predicted octanol–water partition coefficient (Wildman–Crippen LogP) is 3.13. The molecule has 0 aromatic heterocycles. The third-order valence-corrected chi connectivity index (χ3v) is 8.95. The van der Waals surface area contributed by atoms with Crippen molar-refractivity contribution in [3.63, 3.8) is 0 Å². The van der Waals surface area contributed by atoms with Gasteiger partial charge in [0.05, 0.1) is 13.1 Å². The normalized spacial score (nSPS) is 54.4. The van der Waals surface area contributed by atoms with Gasteiger partial charge in [0, 0.05) is 10.8 Å². The molecule has 0 aromatic carbocycles. The lowest BCUT2D eigenvalue weighted by molar-refractivity contribution is -0.0826. The van der Waals surface area contributed by atoms with E-state index >= 15 is 0 Å². The Morgan fingerprint density at radius 3 is 2.61 bits per heavy atom. The van der Waals surface area contributed by atoms with Gasteiger partial charge in [-0.2, -0.15) is 0 Å². The van der Waals surface area contributed by atoms with Gasteiger partial charge in [-0.1, -0.05) is 6.42 Å². The van der Waals surface area contributed by atoms with Crippen LogP contribution >= 0.6 is 0 Å². The molecule has 0 amide bonds. The van der Waals surface area contributed by atoms with Crippen LogP contribution in [0, 0.1) is 46.3 Å². The van der Waals surface area contributed by atoms with Crippen molar-refractivity contribution in [2.45, 2.75) is 44.9 Å². The predicted molar refractivity (Wildman–Crippen MR) is 84.1 cm³/mol. The molecular weight excluding hydrogens is 288 g/mol. The lowest BCUT2D eigenvalue weighted by Gasteiger charge is -2.56. The number of aliphatic imine (C=N–C) groups is 2. The molecule has 5 rings (SSSR count). The third-order valence-electron chi connectivity index (χ3n) is 8.95. The van der Waals surface area contributed by atoms with Crippen LogP contribution in [0.4, 0.5) is 0 Å². The summed E-state index contributed by atoms with van der Waals surface area (Å²) >= 11 is 0. The van der Waals surface area contributed by atoms with Crippen molar-refractivity contribution in [2.24, 2.45) is 56.3 Å². The van der Waals surface area contributed by atoms with Gasteiger partial charge in [0.25, 0.3) is 0 Å². The van der Waals surface area contributed by atoms with E-state index < -0.39 is 0 Å². The van der Waals surface area contributed by atoms with E-state index in [2.05, 4.69) is 9.98 Å². The van der Waals surface area contributed by atoms with E-state index in [0.29, 0.717) is 24.9 Å². The summed E-state index contributed by atoms with van der Waals surface area (Å²) in [6.45, 7) is 1.26. The molecule has 0 aromatic rings. The summed E-state index contributed by atoms with van der Waals surface area (Å²) in [5.41, 5.74) is 0.241. The Hall–Kier alpha value is -1.24. The molecule has 5 fully saturated rings. The van der Waals surface area contributed by atoms with Crippen LogP contribution in [-0.4, -0.2) is 25.2 Å². The van der Waals surface area contributed by atoms with E-state index in [1.165, 1.54) is 44.9 Å². The zero-order valence-electron chi connectivity index (χ0n) is 13.5. The Balaban J connectivity index is 1.69. The highest BCUT2D eigenvalue weighted by atomic mass is 16.1. The standard InChI is InChI=1S/C19H24N2O2/c22-10-20-8-18-7-15(14-2-1-3-16(14)18)17-12-4-5-13(6-12)19(17,18)9-21-11-23/h12-17H,1-9H2. The minimum Gasteiger partial charge on any atom is -0.211 e. The van der Waals surface area contributed by atoms with Crippen LogP contribution in [0.1, 0.15) is 44.9 Å². The number of rotatable bonds is 4. The summed E-state index contributed by atoms with van der Waals surface area (Å²) in [4.78, 5) is 30.1. The fourth-order valence-corrected chi connectivity index (χ4v) is 8.87. The first kappa shape index (κ1) is 14.1. The molecule has 0 radical (unpaired) electrons. The van der Waals surface area contributed by atoms with Crippen molar-refractivity contribution >= 4 is 12.2 Å². The van der Waals surface area contributed by atoms with Crippen molar-refractivity contribution < 1.29 is 9.59 Å². The largest absolute Gasteiger partial charge is 0.234 e. The quantitative estimate of drug-likeness (QED) is 0.455. The smallest absolute Gasteiger partial charge is 0.211 e. The second-order valence-corrected chi connectivity index (χ2v) is 8.88. The molecule has 0 N–H and O–H groups in total. The fraction of sp³-hybridized carbons (Fsp3) is 0.895. The maximum atomic E-state index is 10.9. The van der Waals surface area contributed by atoms with E-state index in [-0.39, 0.29) is 10.8 Å². The number of hydrogen-bond donors (Lipinski definition) is 0. The third kappa shape index (κ3) is 1.42. The highest BCUT2D eigenvalue weighted by molar-refractivity contribution is 5.37. The number of carbonyl (C=O) groups excluding carboxylic acids is 2. The first-order chi connectivity index (χ1) is 11.3. The van der Waals surface area contributed by atoms with Crippen molar-refractivity contribution in [1.29, 1.82) is 0 Å². The average molecular weight is 312 g/mol. The van der Waals surface area contributed by atoms with Crippen LogP contribution in [0.2, 0.25) is 0 Å². The summed E-state index contributed by atoms with van der Waals surface area (Å²) in [7, 11) is 0. The van der Waals surface area contributed by atoms with Gasteiger partial charge >= 0.3 is 0 Å². The molecule has 5 saturated carbocycles.